The summed E-state index contributed by atoms with van der Waals surface area (Å²) in [5, 5.41) is 3.14. The molecule has 0 radical (unpaired) electrons. The molecule has 0 fully saturated rings. The molecule has 0 saturated heterocycles. The zero-order valence-corrected chi connectivity index (χ0v) is 11.1. The predicted octanol–water partition coefficient (Wildman–Crippen LogP) is 2.13. The average Bonchev–Trinajstić information content (AvgIpc) is 2.37. The van der Waals surface area contributed by atoms with Crippen LogP contribution >= 0.6 is 0 Å². The first-order valence-electron chi connectivity index (χ1n) is 5.72. The molecule has 0 amide bonds. The molecule has 3 N–H and O–H groups in total. The van der Waals surface area contributed by atoms with Crippen molar-refractivity contribution in [3.63, 3.8) is 0 Å². The molecule has 0 aliphatic carbocycles. The maximum Gasteiger partial charge on any atom is 0.142 e. The summed E-state index contributed by atoms with van der Waals surface area (Å²) in [5.74, 6) is 3.04. The highest BCUT2D eigenvalue weighted by molar-refractivity contribution is 5.67. The third-order valence-corrected chi connectivity index (χ3v) is 2.53. The predicted molar refractivity (Wildman–Crippen MR) is 74.0 cm³/mol. The summed E-state index contributed by atoms with van der Waals surface area (Å²) >= 11 is 0. The molecular formula is C13H16N4O2. The van der Waals surface area contributed by atoms with Crippen LogP contribution in [0.1, 0.15) is 5.82 Å². The van der Waals surface area contributed by atoms with E-state index in [4.69, 9.17) is 15.2 Å². The molecule has 0 aliphatic rings. The zero-order chi connectivity index (χ0) is 13.8. The number of hydrogen-bond acceptors (Lipinski definition) is 6. The zero-order valence-electron chi connectivity index (χ0n) is 11.1. The topological polar surface area (TPSA) is 82.3 Å². The average molecular weight is 260 g/mol. The molecule has 6 nitrogen and oxygen atoms in total. The van der Waals surface area contributed by atoms with Crippen molar-refractivity contribution in [3.05, 3.63) is 30.1 Å². The Morgan fingerprint density at radius 3 is 2.53 bits per heavy atom. The van der Waals surface area contributed by atoms with E-state index in [0.717, 1.165) is 11.4 Å². The molecule has 100 valence electrons. The Morgan fingerprint density at radius 2 is 1.89 bits per heavy atom. The first kappa shape index (κ1) is 12.9. The molecule has 0 atom stereocenters. The van der Waals surface area contributed by atoms with Gasteiger partial charge in [-0.2, -0.15) is 0 Å². The molecule has 2 aromatic rings. The van der Waals surface area contributed by atoms with Crippen molar-refractivity contribution in [1.29, 1.82) is 0 Å². The molecule has 0 spiro atoms. The first-order valence-corrected chi connectivity index (χ1v) is 5.72. The number of methoxy groups -OCH3 is 2. The summed E-state index contributed by atoms with van der Waals surface area (Å²) in [4.78, 5) is 8.28. The van der Waals surface area contributed by atoms with Gasteiger partial charge in [0.2, 0.25) is 0 Å². The number of anilines is 3. The smallest absolute Gasteiger partial charge is 0.142 e. The van der Waals surface area contributed by atoms with Gasteiger partial charge >= 0.3 is 0 Å². The van der Waals surface area contributed by atoms with Crippen molar-refractivity contribution in [1.82, 2.24) is 9.97 Å². The van der Waals surface area contributed by atoms with Crippen molar-refractivity contribution in [3.8, 4) is 11.5 Å². The minimum atomic E-state index is 0.414. The number of rotatable bonds is 4. The molecule has 1 heterocycles. The van der Waals surface area contributed by atoms with Gasteiger partial charge in [-0.05, 0) is 19.1 Å². The van der Waals surface area contributed by atoms with Gasteiger partial charge in [0, 0.05) is 12.1 Å². The highest BCUT2D eigenvalue weighted by Crippen LogP contribution is 2.31. The maximum absolute atomic E-state index is 5.69. The first-order chi connectivity index (χ1) is 9.12. The highest BCUT2D eigenvalue weighted by atomic mass is 16.5. The lowest BCUT2D eigenvalue weighted by Crippen LogP contribution is -2.02. The second-order valence-electron chi connectivity index (χ2n) is 3.92. The van der Waals surface area contributed by atoms with Crippen molar-refractivity contribution < 1.29 is 9.47 Å². The lowest BCUT2D eigenvalue weighted by atomic mass is 10.2. The largest absolute Gasteiger partial charge is 0.497 e. The molecular weight excluding hydrogens is 244 g/mol. The van der Waals surface area contributed by atoms with E-state index in [9.17, 15) is 0 Å². The lowest BCUT2D eigenvalue weighted by molar-refractivity contribution is 0.405. The number of hydrogen-bond donors (Lipinski definition) is 2. The van der Waals surface area contributed by atoms with Crippen molar-refractivity contribution in [2.45, 2.75) is 6.92 Å². The summed E-state index contributed by atoms with van der Waals surface area (Å²) in [6.07, 6.45) is 0. The van der Waals surface area contributed by atoms with Gasteiger partial charge in [0.05, 0.1) is 19.9 Å². The fraction of sp³-hybridized carbons (Fsp3) is 0.231. The Hall–Kier alpha value is -2.50. The van der Waals surface area contributed by atoms with E-state index in [1.807, 2.05) is 18.2 Å². The third kappa shape index (κ3) is 3.04. The van der Waals surface area contributed by atoms with Crippen LogP contribution in [-0.2, 0) is 0 Å². The van der Waals surface area contributed by atoms with Crippen LogP contribution in [0, 0.1) is 6.92 Å². The number of nitrogens with zero attached hydrogens (tertiary/aromatic N) is 2. The van der Waals surface area contributed by atoms with Gasteiger partial charge in [0.1, 0.15) is 29.0 Å². The normalized spacial score (nSPS) is 10.1. The van der Waals surface area contributed by atoms with Crippen LogP contribution in [0.15, 0.2) is 24.3 Å². The van der Waals surface area contributed by atoms with Crippen molar-refractivity contribution >= 4 is 17.3 Å². The van der Waals surface area contributed by atoms with Gasteiger partial charge in [-0.25, -0.2) is 9.97 Å². The summed E-state index contributed by atoms with van der Waals surface area (Å²) in [7, 11) is 3.21. The van der Waals surface area contributed by atoms with Crippen LogP contribution in [0.3, 0.4) is 0 Å². The maximum atomic E-state index is 5.69. The number of nitrogens with one attached hydrogen (secondary N) is 1. The minimum Gasteiger partial charge on any atom is -0.497 e. The van der Waals surface area contributed by atoms with E-state index in [1.165, 1.54) is 0 Å². The summed E-state index contributed by atoms with van der Waals surface area (Å²) in [6.45, 7) is 1.78. The molecule has 19 heavy (non-hydrogen) atoms. The number of nitrogens with two attached hydrogens (primary N) is 1. The Balaban J connectivity index is 2.35. The second kappa shape index (κ2) is 5.43. The van der Waals surface area contributed by atoms with Gasteiger partial charge in [-0.15, -0.1) is 0 Å². The number of aromatic nitrogens is 2. The number of aryl methyl sites for hydroxylation is 1. The SMILES string of the molecule is COc1ccc(OC)c(Nc2cc(N)nc(C)n2)c1. The van der Waals surface area contributed by atoms with Crippen LogP contribution < -0.4 is 20.5 Å². The van der Waals surface area contributed by atoms with Gasteiger partial charge < -0.3 is 20.5 Å². The molecule has 0 unspecified atom stereocenters. The van der Waals surface area contributed by atoms with Crippen molar-refractivity contribution in [2.75, 3.05) is 25.3 Å². The standard InChI is InChI=1S/C13H16N4O2/c1-8-15-12(14)7-13(16-8)17-10-6-9(18-2)4-5-11(10)19-3/h4-7H,1-3H3,(H3,14,15,16,17). The molecule has 0 saturated carbocycles. The summed E-state index contributed by atoms with van der Waals surface area (Å²) in [6, 6.07) is 7.13. The van der Waals surface area contributed by atoms with E-state index in [-0.39, 0.29) is 0 Å². The molecule has 1 aromatic heterocycles. The van der Waals surface area contributed by atoms with Gasteiger partial charge in [-0.3, -0.25) is 0 Å². The molecule has 0 bridgehead atoms. The van der Waals surface area contributed by atoms with Gasteiger partial charge in [-0.1, -0.05) is 0 Å². The van der Waals surface area contributed by atoms with Crippen molar-refractivity contribution in [2.24, 2.45) is 0 Å². The minimum absolute atomic E-state index is 0.414. The van der Waals surface area contributed by atoms with E-state index >= 15 is 0 Å². The molecule has 1 aromatic carbocycles. The fourth-order valence-electron chi connectivity index (χ4n) is 1.70. The summed E-state index contributed by atoms with van der Waals surface area (Å²) < 4.78 is 10.5. The number of ether oxygens (including phenoxy) is 2. The Bertz CT molecular complexity index is 567. The van der Waals surface area contributed by atoms with E-state index in [2.05, 4.69) is 15.3 Å². The van der Waals surface area contributed by atoms with Crippen LogP contribution in [0.4, 0.5) is 17.3 Å². The molecule has 2 rings (SSSR count). The van der Waals surface area contributed by atoms with Gasteiger partial charge in [0.25, 0.3) is 0 Å². The Morgan fingerprint density at radius 1 is 1.11 bits per heavy atom. The van der Waals surface area contributed by atoms with Crippen LogP contribution in [0.25, 0.3) is 0 Å². The van der Waals surface area contributed by atoms with Crippen LogP contribution in [-0.4, -0.2) is 24.2 Å². The van der Waals surface area contributed by atoms with E-state index < -0.39 is 0 Å². The fourth-order valence-corrected chi connectivity index (χ4v) is 1.70. The van der Waals surface area contributed by atoms with Gasteiger partial charge in [0.15, 0.2) is 0 Å². The molecule has 0 aliphatic heterocycles. The third-order valence-electron chi connectivity index (χ3n) is 2.53. The summed E-state index contributed by atoms with van der Waals surface area (Å²) in [5.41, 5.74) is 6.44. The van der Waals surface area contributed by atoms with E-state index in [0.29, 0.717) is 23.2 Å². The highest BCUT2D eigenvalue weighted by Gasteiger charge is 2.07. The quantitative estimate of drug-likeness (QED) is 0.876. The Kier molecular flexibility index (Phi) is 3.70. The number of nitrogen functional groups attached to an aromatic ring is 1. The van der Waals surface area contributed by atoms with Crippen LogP contribution in [0.2, 0.25) is 0 Å². The monoisotopic (exact) mass is 260 g/mol. The second-order valence-corrected chi connectivity index (χ2v) is 3.92. The Labute approximate surface area is 111 Å². The number of benzene rings is 1. The molecule has 6 heteroatoms. The van der Waals surface area contributed by atoms with E-state index in [1.54, 1.807) is 27.2 Å². The van der Waals surface area contributed by atoms with Crippen LogP contribution in [0.5, 0.6) is 11.5 Å². The lowest BCUT2D eigenvalue weighted by Gasteiger charge is -2.12.